The maximum atomic E-state index is 5.43. The summed E-state index contributed by atoms with van der Waals surface area (Å²) in [6, 6.07) is 9.22. The summed E-state index contributed by atoms with van der Waals surface area (Å²) in [7, 11) is 1.76. The first kappa shape index (κ1) is 16.4. The highest BCUT2D eigenvalue weighted by Gasteiger charge is 2.30. The van der Waals surface area contributed by atoms with Crippen LogP contribution in [0.3, 0.4) is 0 Å². The summed E-state index contributed by atoms with van der Waals surface area (Å²) >= 11 is 0. The molecule has 2 nitrogen and oxygen atoms in total. The minimum absolute atomic E-state index is 0.488. The predicted octanol–water partition coefficient (Wildman–Crippen LogP) is 3.41. The molecule has 0 heterocycles. The predicted molar refractivity (Wildman–Crippen MR) is 88.7 cm³/mol. The summed E-state index contributed by atoms with van der Waals surface area (Å²) in [5.74, 6) is 1.94. The smallest absolute Gasteiger partial charge is 0.122 e. The molecular formula is C19H32NO+. The second-order valence-electron chi connectivity index (χ2n) is 7.56. The van der Waals surface area contributed by atoms with Gasteiger partial charge >= 0.3 is 0 Å². The van der Waals surface area contributed by atoms with E-state index >= 15 is 0 Å². The van der Waals surface area contributed by atoms with Crippen LogP contribution in [0.4, 0.5) is 0 Å². The first-order chi connectivity index (χ1) is 10.0. The molecule has 21 heavy (non-hydrogen) atoms. The van der Waals surface area contributed by atoms with Crippen LogP contribution in [0.1, 0.15) is 52.0 Å². The third-order valence-corrected chi connectivity index (χ3v) is 5.10. The zero-order chi connectivity index (χ0) is 15.3. The van der Waals surface area contributed by atoms with E-state index in [9.17, 15) is 0 Å². The molecule has 2 heteroatoms. The highest BCUT2D eigenvalue weighted by Crippen LogP contribution is 2.36. The van der Waals surface area contributed by atoms with Crippen LogP contribution in [0.2, 0.25) is 0 Å². The number of nitrogens with two attached hydrogens (primary N) is 1. The molecule has 0 spiro atoms. The van der Waals surface area contributed by atoms with Crippen molar-refractivity contribution >= 4 is 0 Å². The van der Waals surface area contributed by atoms with Gasteiger partial charge in [0.2, 0.25) is 0 Å². The first-order valence-electron chi connectivity index (χ1n) is 8.46. The Morgan fingerprint density at radius 2 is 1.76 bits per heavy atom. The van der Waals surface area contributed by atoms with E-state index in [2.05, 4.69) is 44.3 Å². The summed E-state index contributed by atoms with van der Waals surface area (Å²) in [4.78, 5) is 0. The summed E-state index contributed by atoms with van der Waals surface area (Å²) in [5.41, 5.74) is 1.82. The monoisotopic (exact) mass is 290 g/mol. The van der Waals surface area contributed by atoms with Crippen molar-refractivity contribution in [2.24, 2.45) is 11.3 Å². The number of rotatable bonds is 5. The van der Waals surface area contributed by atoms with Crippen molar-refractivity contribution < 1.29 is 10.1 Å². The third-order valence-electron chi connectivity index (χ3n) is 5.10. The lowest BCUT2D eigenvalue weighted by molar-refractivity contribution is -0.691. The van der Waals surface area contributed by atoms with Crippen LogP contribution < -0.4 is 10.1 Å². The number of methoxy groups -OCH3 is 1. The van der Waals surface area contributed by atoms with Gasteiger partial charge in [-0.2, -0.15) is 0 Å². The van der Waals surface area contributed by atoms with Gasteiger partial charge in [0.15, 0.2) is 0 Å². The summed E-state index contributed by atoms with van der Waals surface area (Å²) in [6.45, 7) is 8.35. The van der Waals surface area contributed by atoms with Gasteiger partial charge in [0.1, 0.15) is 5.75 Å². The number of ether oxygens (including phenoxy) is 1. The summed E-state index contributed by atoms with van der Waals surface area (Å²) in [6.07, 6.45) is 6.67. The Kier molecular flexibility index (Phi) is 5.69. The second-order valence-corrected chi connectivity index (χ2v) is 7.56. The standard InChI is InChI=1S/C19H31NO/c1-19(2,3)16-9-11-17(12-10-16)20-14-13-15-7-5-6-8-18(15)21-4/h5-8,16-17,20H,9-14H2,1-4H3/p+1. The minimum atomic E-state index is 0.488. The Labute approximate surface area is 130 Å². The van der Waals surface area contributed by atoms with Gasteiger partial charge in [-0.05, 0) is 48.6 Å². The van der Waals surface area contributed by atoms with Crippen LogP contribution in [-0.2, 0) is 6.42 Å². The molecule has 0 unspecified atom stereocenters. The van der Waals surface area contributed by atoms with Crippen molar-refractivity contribution in [1.82, 2.24) is 0 Å². The fourth-order valence-corrected chi connectivity index (χ4v) is 3.60. The van der Waals surface area contributed by atoms with Crippen LogP contribution in [0.25, 0.3) is 0 Å². The first-order valence-corrected chi connectivity index (χ1v) is 8.46. The molecule has 1 saturated carbocycles. The van der Waals surface area contributed by atoms with Crippen molar-refractivity contribution in [2.75, 3.05) is 13.7 Å². The van der Waals surface area contributed by atoms with E-state index in [-0.39, 0.29) is 0 Å². The molecule has 0 saturated heterocycles. The van der Waals surface area contributed by atoms with E-state index in [4.69, 9.17) is 4.74 Å². The maximum absolute atomic E-state index is 5.43. The van der Waals surface area contributed by atoms with Crippen molar-refractivity contribution in [1.29, 1.82) is 0 Å². The van der Waals surface area contributed by atoms with Crippen molar-refractivity contribution in [3.63, 3.8) is 0 Å². The van der Waals surface area contributed by atoms with Gasteiger partial charge in [-0.3, -0.25) is 0 Å². The largest absolute Gasteiger partial charge is 0.496 e. The Bertz CT molecular complexity index is 427. The lowest BCUT2D eigenvalue weighted by Crippen LogP contribution is -2.90. The summed E-state index contributed by atoms with van der Waals surface area (Å²) in [5, 5.41) is 2.56. The molecule has 0 amide bonds. The Hall–Kier alpha value is -1.02. The quantitative estimate of drug-likeness (QED) is 0.883. The van der Waals surface area contributed by atoms with Gasteiger partial charge < -0.3 is 10.1 Å². The normalized spacial score (nSPS) is 23.0. The van der Waals surface area contributed by atoms with Crippen LogP contribution in [-0.4, -0.2) is 19.7 Å². The van der Waals surface area contributed by atoms with Gasteiger partial charge in [-0.25, -0.2) is 0 Å². The fraction of sp³-hybridized carbons (Fsp3) is 0.684. The van der Waals surface area contributed by atoms with E-state index in [1.54, 1.807) is 7.11 Å². The number of hydrogen-bond acceptors (Lipinski definition) is 1. The molecular weight excluding hydrogens is 258 g/mol. The Morgan fingerprint density at radius 1 is 1.10 bits per heavy atom. The highest BCUT2D eigenvalue weighted by molar-refractivity contribution is 5.33. The number of quaternary nitrogens is 1. The average Bonchev–Trinajstić information content (AvgIpc) is 2.47. The SMILES string of the molecule is COc1ccccc1CC[NH2+]C1CCC(C(C)(C)C)CC1. The zero-order valence-electron chi connectivity index (χ0n) is 14.2. The second kappa shape index (κ2) is 7.31. The molecule has 0 aromatic heterocycles. The van der Waals surface area contributed by atoms with E-state index in [0.29, 0.717) is 5.41 Å². The highest BCUT2D eigenvalue weighted by atomic mass is 16.5. The molecule has 0 bridgehead atoms. The Balaban J connectivity index is 1.73. The molecule has 1 fully saturated rings. The fourth-order valence-electron chi connectivity index (χ4n) is 3.60. The van der Waals surface area contributed by atoms with E-state index < -0.39 is 0 Å². The van der Waals surface area contributed by atoms with Crippen molar-refractivity contribution in [3.05, 3.63) is 29.8 Å². The third kappa shape index (κ3) is 4.74. The van der Waals surface area contributed by atoms with Crippen molar-refractivity contribution in [3.8, 4) is 5.75 Å². The maximum Gasteiger partial charge on any atom is 0.122 e. The molecule has 1 aromatic rings. The molecule has 2 rings (SSSR count). The molecule has 0 aliphatic heterocycles. The molecule has 118 valence electrons. The van der Waals surface area contributed by atoms with Gasteiger partial charge in [-0.15, -0.1) is 0 Å². The minimum Gasteiger partial charge on any atom is -0.496 e. The summed E-state index contributed by atoms with van der Waals surface area (Å²) < 4.78 is 5.43. The van der Waals surface area contributed by atoms with Crippen LogP contribution in [0.15, 0.2) is 24.3 Å². The van der Waals surface area contributed by atoms with E-state index in [0.717, 1.165) is 24.1 Å². The van der Waals surface area contributed by atoms with Gasteiger partial charge in [0, 0.05) is 6.42 Å². The number of benzene rings is 1. The zero-order valence-corrected chi connectivity index (χ0v) is 14.2. The average molecular weight is 290 g/mol. The number of hydrogen-bond donors (Lipinski definition) is 1. The lowest BCUT2D eigenvalue weighted by Gasteiger charge is -2.36. The van der Waals surface area contributed by atoms with Crippen molar-refractivity contribution in [2.45, 2.75) is 58.9 Å². The Morgan fingerprint density at radius 3 is 2.38 bits per heavy atom. The lowest BCUT2D eigenvalue weighted by atomic mass is 9.71. The van der Waals surface area contributed by atoms with E-state index in [1.165, 1.54) is 37.8 Å². The molecule has 2 N–H and O–H groups in total. The molecule has 1 aromatic carbocycles. The molecule has 0 radical (unpaired) electrons. The molecule has 0 atom stereocenters. The molecule has 1 aliphatic rings. The molecule has 1 aliphatic carbocycles. The van der Waals surface area contributed by atoms with Crippen LogP contribution in [0.5, 0.6) is 5.75 Å². The van der Waals surface area contributed by atoms with E-state index in [1.807, 2.05) is 6.07 Å². The van der Waals surface area contributed by atoms with Crippen LogP contribution in [0, 0.1) is 11.3 Å². The number of para-hydroxylation sites is 1. The topological polar surface area (TPSA) is 25.8 Å². The van der Waals surface area contributed by atoms with Crippen LogP contribution >= 0.6 is 0 Å². The van der Waals surface area contributed by atoms with Gasteiger partial charge in [0.25, 0.3) is 0 Å². The van der Waals surface area contributed by atoms with Gasteiger partial charge in [0.05, 0.1) is 19.7 Å². The van der Waals surface area contributed by atoms with Gasteiger partial charge in [-0.1, -0.05) is 39.0 Å².